The van der Waals surface area contributed by atoms with Crippen LogP contribution in [0.25, 0.3) is 11.4 Å². The van der Waals surface area contributed by atoms with Crippen molar-refractivity contribution in [3.8, 4) is 17.1 Å². The lowest BCUT2D eigenvalue weighted by Gasteiger charge is -2.10. The van der Waals surface area contributed by atoms with E-state index < -0.39 is 11.8 Å². The molecule has 0 aliphatic carbocycles. The molecular weight excluding hydrogens is 325 g/mol. The van der Waals surface area contributed by atoms with Crippen LogP contribution in [-0.2, 0) is 17.8 Å². The Hall–Kier alpha value is -3.22. The Kier molecular flexibility index (Phi) is 5.03. The van der Waals surface area contributed by atoms with Gasteiger partial charge in [-0.2, -0.15) is 5.10 Å². The standard InChI is InChI=1S/C18H16FN3O3/c19-18-12(4-7-17(23)24)2-1-3-13(18)11-25-14-5-6-15(20-10-14)16-8-9-21-22-16/h1-3,5-6,8-10H,4,7,11H2,(H,21,22)(H,23,24). The van der Waals surface area contributed by atoms with Crippen LogP contribution < -0.4 is 4.74 Å². The summed E-state index contributed by atoms with van der Waals surface area (Å²) in [7, 11) is 0. The number of aryl methyl sites for hydroxylation is 1. The van der Waals surface area contributed by atoms with Crippen molar-refractivity contribution in [2.24, 2.45) is 0 Å². The summed E-state index contributed by atoms with van der Waals surface area (Å²) in [5.41, 5.74) is 2.27. The van der Waals surface area contributed by atoms with E-state index in [1.54, 1.807) is 48.8 Å². The Bertz CT molecular complexity index is 849. The molecule has 2 N–H and O–H groups in total. The molecule has 3 rings (SSSR count). The van der Waals surface area contributed by atoms with Gasteiger partial charge in [-0.05, 0) is 30.2 Å². The largest absolute Gasteiger partial charge is 0.487 e. The van der Waals surface area contributed by atoms with E-state index in [1.807, 2.05) is 0 Å². The number of benzene rings is 1. The lowest BCUT2D eigenvalue weighted by atomic mass is 10.1. The average Bonchev–Trinajstić information content (AvgIpc) is 3.15. The van der Waals surface area contributed by atoms with Crippen LogP contribution >= 0.6 is 0 Å². The first-order valence-electron chi connectivity index (χ1n) is 7.70. The van der Waals surface area contributed by atoms with E-state index in [4.69, 9.17) is 9.84 Å². The number of ether oxygens (including phenoxy) is 1. The van der Waals surface area contributed by atoms with Crippen LogP contribution in [0.2, 0.25) is 0 Å². The van der Waals surface area contributed by atoms with Crippen molar-refractivity contribution in [3.63, 3.8) is 0 Å². The van der Waals surface area contributed by atoms with Crippen molar-refractivity contribution in [3.05, 3.63) is 65.7 Å². The summed E-state index contributed by atoms with van der Waals surface area (Å²) in [6.07, 6.45) is 3.24. The molecule has 0 aliphatic heterocycles. The zero-order valence-corrected chi connectivity index (χ0v) is 13.3. The lowest BCUT2D eigenvalue weighted by Crippen LogP contribution is -2.04. The van der Waals surface area contributed by atoms with E-state index in [1.165, 1.54) is 0 Å². The number of nitrogens with zero attached hydrogens (tertiary/aromatic N) is 2. The molecule has 0 spiro atoms. The fourth-order valence-electron chi connectivity index (χ4n) is 2.36. The molecule has 0 fully saturated rings. The van der Waals surface area contributed by atoms with Gasteiger partial charge >= 0.3 is 5.97 Å². The van der Waals surface area contributed by atoms with Crippen molar-refractivity contribution in [2.75, 3.05) is 0 Å². The predicted octanol–water partition coefficient (Wildman–Crippen LogP) is 3.21. The minimum atomic E-state index is -0.954. The van der Waals surface area contributed by atoms with Gasteiger partial charge in [-0.15, -0.1) is 0 Å². The molecule has 0 atom stereocenters. The zero-order valence-electron chi connectivity index (χ0n) is 13.3. The highest BCUT2D eigenvalue weighted by Gasteiger charge is 2.10. The Labute approximate surface area is 143 Å². The monoisotopic (exact) mass is 341 g/mol. The van der Waals surface area contributed by atoms with E-state index >= 15 is 0 Å². The molecule has 0 bridgehead atoms. The van der Waals surface area contributed by atoms with Crippen molar-refractivity contribution in [1.29, 1.82) is 0 Å². The van der Waals surface area contributed by atoms with Gasteiger partial charge in [-0.25, -0.2) is 4.39 Å². The van der Waals surface area contributed by atoms with Gasteiger partial charge in [0.25, 0.3) is 0 Å². The van der Waals surface area contributed by atoms with E-state index in [-0.39, 0.29) is 19.4 Å². The zero-order chi connectivity index (χ0) is 17.6. The maximum atomic E-state index is 14.4. The van der Waals surface area contributed by atoms with Crippen LogP contribution in [0.15, 0.2) is 48.8 Å². The first kappa shape index (κ1) is 16.6. The minimum Gasteiger partial charge on any atom is -0.487 e. The fraction of sp³-hybridized carbons (Fsp3) is 0.167. The van der Waals surface area contributed by atoms with Gasteiger partial charge in [0.05, 0.1) is 17.6 Å². The summed E-state index contributed by atoms with van der Waals surface area (Å²) in [5.74, 6) is -0.867. The summed E-state index contributed by atoms with van der Waals surface area (Å²) in [4.78, 5) is 14.9. The fourth-order valence-corrected chi connectivity index (χ4v) is 2.36. The number of aromatic nitrogens is 3. The second-order valence-electron chi connectivity index (χ2n) is 5.42. The quantitative estimate of drug-likeness (QED) is 0.689. The number of carboxylic acids is 1. The van der Waals surface area contributed by atoms with Gasteiger partial charge in [0.15, 0.2) is 0 Å². The molecule has 0 saturated heterocycles. The average molecular weight is 341 g/mol. The number of aliphatic carboxylic acids is 1. The van der Waals surface area contributed by atoms with E-state index in [9.17, 15) is 9.18 Å². The van der Waals surface area contributed by atoms with E-state index in [0.717, 1.165) is 11.4 Å². The number of pyridine rings is 1. The third-order valence-electron chi connectivity index (χ3n) is 3.67. The molecule has 2 aromatic heterocycles. The Morgan fingerprint density at radius 1 is 1.20 bits per heavy atom. The Morgan fingerprint density at radius 2 is 2.04 bits per heavy atom. The minimum absolute atomic E-state index is 0.0395. The van der Waals surface area contributed by atoms with Crippen LogP contribution in [0.1, 0.15) is 17.5 Å². The molecule has 3 aromatic rings. The second kappa shape index (κ2) is 7.57. The molecule has 7 heteroatoms. The Balaban J connectivity index is 1.65. The maximum absolute atomic E-state index is 14.4. The van der Waals surface area contributed by atoms with Crippen LogP contribution in [-0.4, -0.2) is 26.3 Å². The number of carboxylic acid groups (broad SMARTS) is 1. The van der Waals surface area contributed by atoms with Crippen molar-refractivity contribution in [2.45, 2.75) is 19.4 Å². The topological polar surface area (TPSA) is 88.1 Å². The summed E-state index contributed by atoms with van der Waals surface area (Å²) in [6, 6.07) is 10.2. The number of H-pyrrole nitrogens is 1. The van der Waals surface area contributed by atoms with Gasteiger partial charge in [0.2, 0.25) is 0 Å². The summed E-state index contributed by atoms with van der Waals surface area (Å²) in [5, 5.41) is 15.4. The molecule has 2 heterocycles. The first-order chi connectivity index (χ1) is 12.1. The number of rotatable bonds is 7. The van der Waals surface area contributed by atoms with E-state index in [0.29, 0.717) is 16.9 Å². The summed E-state index contributed by atoms with van der Waals surface area (Å²) in [6.45, 7) is 0.0395. The van der Waals surface area contributed by atoms with Gasteiger partial charge in [0, 0.05) is 18.2 Å². The van der Waals surface area contributed by atoms with Gasteiger partial charge in [0.1, 0.15) is 18.2 Å². The van der Waals surface area contributed by atoms with Gasteiger partial charge < -0.3 is 9.84 Å². The van der Waals surface area contributed by atoms with Crippen LogP contribution in [0.5, 0.6) is 5.75 Å². The highest BCUT2D eigenvalue weighted by atomic mass is 19.1. The number of carbonyl (C=O) groups is 1. The number of nitrogens with one attached hydrogen (secondary N) is 1. The Morgan fingerprint density at radius 3 is 2.72 bits per heavy atom. The predicted molar refractivity (Wildman–Crippen MR) is 88.5 cm³/mol. The normalized spacial score (nSPS) is 10.6. The number of halogens is 1. The molecule has 0 saturated carbocycles. The summed E-state index contributed by atoms with van der Waals surface area (Å²) >= 11 is 0. The third kappa shape index (κ3) is 4.20. The number of hydrogen-bond acceptors (Lipinski definition) is 4. The smallest absolute Gasteiger partial charge is 0.303 e. The molecule has 25 heavy (non-hydrogen) atoms. The van der Waals surface area contributed by atoms with Crippen LogP contribution in [0.3, 0.4) is 0 Å². The number of hydrogen-bond donors (Lipinski definition) is 2. The third-order valence-corrected chi connectivity index (χ3v) is 3.67. The molecule has 0 radical (unpaired) electrons. The van der Waals surface area contributed by atoms with E-state index in [2.05, 4.69) is 15.2 Å². The first-order valence-corrected chi connectivity index (χ1v) is 7.70. The molecule has 128 valence electrons. The highest BCUT2D eigenvalue weighted by molar-refractivity contribution is 5.67. The maximum Gasteiger partial charge on any atom is 0.303 e. The van der Waals surface area contributed by atoms with Gasteiger partial charge in [-0.1, -0.05) is 18.2 Å². The van der Waals surface area contributed by atoms with Crippen molar-refractivity contribution in [1.82, 2.24) is 15.2 Å². The van der Waals surface area contributed by atoms with Crippen LogP contribution in [0, 0.1) is 5.82 Å². The summed E-state index contributed by atoms with van der Waals surface area (Å²) < 4.78 is 20.0. The molecule has 0 amide bonds. The second-order valence-corrected chi connectivity index (χ2v) is 5.42. The number of aromatic amines is 1. The molecular formula is C18H16FN3O3. The lowest BCUT2D eigenvalue weighted by molar-refractivity contribution is -0.136. The van der Waals surface area contributed by atoms with Crippen LogP contribution in [0.4, 0.5) is 4.39 Å². The molecule has 6 nitrogen and oxygen atoms in total. The van der Waals surface area contributed by atoms with Gasteiger partial charge in [-0.3, -0.25) is 14.9 Å². The molecule has 0 aliphatic rings. The molecule has 1 aromatic carbocycles. The van der Waals surface area contributed by atoms with Crippen molar-refractivity contribution < 1.29 is 19.0 Å². The van der Waals surface area contributed by atoms with Crippen molar-refractivity contribution >= 4 is 5.97 Å². The SMILES string of the molecule is O=C(O)CCc1cccc(COc2ccc(-c3ccn[nH]3)nc2)c1F. The highest BCUT2D eigenvalue weighted by Crippen LogP contribution is 2.20. The molecule has 0 unspecified atom stereocenters.